The van der Waals surface area contributed by atoms with Gasteiger partial charge in [-0.3, -0.25) is 14.4 Å². The molecule has 0 radical (unpaired) electrons. The highest BCUT2D eigenvalue weighted by Gasteiger charge is 2.30. The molecular weight excluding hydrogens is 492 g/mol. The van der Waals surface area contributed by atoms with Gasteiger partial charge in [0.2, 0.25) is 17.7 Å². The summed E-state index contributed by atoms with van der Waals surface area (Å²) in [6.07, 6.45) is 0.472. The van der Waals surface area contributed by atoms with Gasteiger partial charge >= 0.3 is 5.97 Å². The zero-order valence-electron chi connectivity index (χ0n) is 21.5. The van der Waals surface area contributed by atoms with Crippen LogP contribution in [0.2, 0.25) is 0 Å². The van der Waals surface area contributed by atoms with Gasteiger partial charge in [0.15, 0.2) is 0 Å². The van der Waals surface area contributed by atoms with E-state index in [-0.39, 0.29) is 30.9 Å². The molecule has 0 bridgehead atoms. The van der Waals surface area contributed by atoms with Crippen molar-refractivity contribution in [2.75, 3.05) is 6.61 Å². The molecule has 11 heteroatoms. The minimum atomic E-state index is -1.53. The summed E-state index contributed by atoms with van der Waals surface area (Å²) in [5.41, 5.74) is 7.59. The average molecular weight is 529 g/mol. The van der Waals surface area contributed by atoms with E-state index in [1.54, 1.807) is 12.1 Å². The van der Waals surface area contributed by atoms with Crippen LogP contribution in [0.4, 0.5) is 0 Å². The quantitative estimate of drug-likeness (QED) is 0.179. The summed E-state index contributed by atoms with van der Waals surface area (Å²) in [6, 6.07) is 10.5. The molecule has 0 saturated carbocycles. The lowest BCUT2D eigenvalue weighted by atomic mass is 10.00. The number of carbonyl (C=O) groups is 4. The summed E-state index contributed by atoms with van der Waals surface area (Å²) < 4.78 is 0. The topological polar surface area (TPSA) is 191 Å². The Bertz CT molecular complexity index is 1080. The summed E-state index contributed by atoms with van der Waals surface area (Å²) >= 11 is 0. The van der Waals surface area contributed by atoms with Crippen LogP contribution >= 0.6 is 0 Å². The monoisotopic (exact) mass is 528 g/mol. The zero-order chi connectivity index (χ0) is 28.2. The van der Waals surface area contributed by atoms with E-state index in [2.05, 4.69) is 16.0 Å². The third-order valence-electron chi connectivity index (χ3n) is 5.78. The van der Waals surface area contributed by atoms with Crippen molar-refractivity contribution >= 4 is 23.7 Å². The molecule has 0 fully saturated rings. The molecule has 11 nitrogen and oxygen atoms in total. The molecule has 2 aromatic rings. The molecule has 0 spiro atoms. The smallest absolute Gasteiger partial charge is 0.328 e. The first-order valence-electron chi connectivity index (χ1n) is 12.3. The number of nitrogens with one attached hydrogen (secondary N) is 3. The fourth-order valence-corrected chi connectivity index (χ4v) is 3.75. The molecule has 0 heterocycles. The summed E-state index contributed by atoms with van der Waals surface area (Å²) in [7, 11) is 0. The largest absolute Gasteiger partial charge is 0.508 e. The number of aliphatic hydroxyl groups is 1. The number of benzene rings is 2. The van der Waals surface area contributed by atoms with Crippen molar-refractivity contribution in [1.82, 2.24) is 16.0 Å². The Morgan fingerprint density at radius 2 is 1.29 bits per heavy atom. The third-order valence-corrected chi connectivity index (χ3v) is 5.78. The van der Waals surface area contributed by atoms with Crippen LogP contribution in [0, 0.1) is 5.92 Å². The number of carboxylic acid groups (broad SMARTS) is 1. The minimum Gasteiger partial charge on any atom is -0.508 e. The molecule has 8 N–H and O–H groups in total. The van der Waals surface area contributed by atoms with Crippen molar-refractivity contribution < 1.29 is 34.5 Å². The van der Waals surface area contributed by atoms with Crippen LogP contribution < -0.4 is 21.7 Å². The van der Waals surface area contributed by atoms with E-state index in [4.69, 9.17) is 10.8 Å². The van der Waals surface area contributed by atoms with Crippen LogP contribution in [0.1, 0.15) is 31.4 Å². The van der Waals surface area contributed by atoms with Gasteiger partial charge in [0, 0.05) is 6.42 Å². The standard InChI is InChI=1S/C27H36N4O7/c1-16(2)12-21(25(35)31-23(15-32)27(37)38)30-26(36)22(14-18-8-10-19(33)11-9-18)29-24(34)20(28)13-17-6-4-3-5-7-17/h3-11,16,20-23,32-33H,12-15,28H2,1-2H3,(H,29,34)(H,30,36)(H,31,35)(H,37,38). The van der Waals surface area contributed by atoms with Gasteiger partial charge in [-0.15, -0.1) is 0 Å². The lowest BCUT2D eigenvalue weighted by Crippen LogP contribution is -2.58. The molecule has 0 saturated heterocycles. The Balaban J connectivity index is 2.22. The van der Waals surface area contributed by atoms with Gasteiger partial charge in [-0.1, -0.05) is 56.3 Å². The van der Waals surface area contributed by atoms with Crippen molar-refractivity contribution in [3.05, 3.63) is 65.7 Å². The van der Waals surface area contributed by atoms with Crippen LogP contribution in [-0.2, 0) is 32.0 Å². The number of carboxylic acids is 1. The first-order valence-corrected chi connectivity index (χ1v) is 12.3. The number of phenolic OH excluding ortho intramolecular Hbond substituents is 1. The fraction of sp³-hybridized carbons (Fsp3) is 0.407. The highest BCUT2D eigenvalue weighted by Crippen LogP contribution is 2.13. The van der Waals surface area contributed by atoms with E-state index in [1.807, 2.05) is 44.2 Å². The van der Waals surface area contributed by atoms with Crippen LogP contribution in [-0.4, -0.2) is 69.8 Å². The number of hydrogen-bond donors (Lipinski definition) is 7. The van der Waals surface area contributed by atoms with Crippen molar-refractivity contribution in [3.8, 4) is 5.75 Å². The van der Waals surface area contributed by atoms with E-state index in [9.17, 15) is 29.4 Å². The third kappa shape index (κ3) is 9.83. The Morgan fingerprint density at radius 3 is 1.84 bits per heavy atom. The van der Waals surface area contributed by atoms with Crippen LogP contribution in [0.3, 0.4) is 0 Å². The molecule has 38 heavy (non-hydrogen) atoms. The normalized spacial score (nSPS) is 14.1. The predicted molar refractivity (Wildman–Crippen MR) is 140 cm³/mol. The molecule has 0 aliphatic rings. The number of aliphatic hydroxyl groups excluding tert-OH is 1. The van der Waals surface area contributed by atoms with Crippen LogP contribution in [0.15, 0.2) is 54.6 Å². The van der Waals surface area contributed by atoms with E-state index in [0.717, 1.165) is 5.56 Å². The number of carbonyl (C=O) groups excluding carboxylic acids is 3. The fourth-order valence-electron chi connectivity index (χ4n) is 3.75. The molecule has 0 aliphatic carbocycles. The number of nitrogens with two attached hydrogens (primary N) is 1. The first kappa shape index (κ1) is 30.3. The van der Waals surface area contributed by atoms with E-state index in [1.165, 1.54) is 12.1 Å². The highest BCUT2D eigenvalue weighted by molar-refractivity contribution is 5.94. The van der Waals surface area contributed by atoms with Crippen molar-refractivity contribution in [1.29, 1.82) is 0 Å². The second kappa shape index (κ2) is 14.7. The van der Waals surface area contributed by atoms with Crippen molar-refractivity contribution in [3.63, 3.8) is 0 Å². The molecule has 206 valence electrons. The van der Waals surface area contributed by atoms with Gasteiger partial charge in [-0.2, -0.15) is 0 Å². The molecule has 0 aromatic heterocycles. The zero-order valence-corrected chi connectivity index (χ0v) is 21.5. The van der Waals surface area contributed by atoms with Crippen molar-refractivity contribution in [2.24, 2.45) is 11.7 Å². The molecule has 4 unspecified atom stereocenters. The van der Waals surface area contributed by atoms with Gasteiger partial charge < -0.3 is 37.0 Å². The highest BCUT2D eigenvalue weighted by atomic mass is 16.4. The summed E-state index contributed by atoms with van der Waals surface area (Å²) in [4.78, 5) is 50.3. The summed E-state index contributed by atoms with van der Waals surface area (Å²) in [5, 5.41) is 35.5. The Hall–Kier alpha value is -3.96. The van der Waals surface area contributed by atoms with E-state index in [0.29, 0.717) is 5.56 Å². The molecule has 3 amide bonds. The van der Waals surface area contributed by atoms with Crippen LogP contribution in [0.5, 0.6) is 5.75 Å². The number of rotatable bonds is 14. The van der Waals surface area contributed by atoms with Gasteiger partial charge in [-0.05, 0) is 42.0 Å². The van der Waals surface area contributed by atoms with Crippen molar-refractivity contribution in [2.45, 2.75) is 57.3 Å². The van der Waals surface area contributed by atoms with E-state index < -0.39 is 54.5 Å². The summed E-state index contributed by atoms with van der Waals surface area (Å²) in [5.74, 6) is -3.44. The maximum Gasteiger partial charge on any atom is 0.328 e. The molecule has 0 aliphatic heterocycles. The minimum absolute atomic E-state index is 0.0363. The van der Waals surface area contributed by atoms with Gasteiger partial charge in [0.25, 0.3) is 0 Å². The molecule has 2 rings (SSSR count). The second-order valence-corrected chi connectivity index (χ2v) is 9.50. The lowest BCUT2D eigenvalue weighted by Gasteiger charge is -2.26. The van der Waals surface area contributed by atoms with Gasteiger partial charge in [-0.25, -0.2) is 4.79 Å². The molecule has 4 atom stereocenters. The number of hydrogen-bond acceptors (Lipinski definition) is 7. The maximum atomic E-state index is 13.4. The lowest BCUT2D eigenvalue weighted by molar-refractivity contribution is -0.143. The average Bonchev–Trinajstić information content (AvgIpc) is 2.87. The number of phenols is 1. The predicted octanol–water partition coefficient (Wildman–Crippen LogP) is 0.0821. The number of aromatic hydroxyl groups is 1. The Kier molecular flexibility index (Phi) is 11.7. The van der Waals surface area contributed by atoms with Gasteiger partial charge in [0.05, 0.1) is 12.6 Å². The SMILES string of the molecule is CC(C)CC(NC(=O)C(Cc1ccc(O)cc1)NC(=O)C(N)Cc1ccccc1)C(=O)NC(CO)C(=O)O. The van der Waals surface area contributed by atoms with Gasteiger partial charge in [0.1, 0.15) is 23.9 Å². The molecule has 2 aromatic carbocycles. The second-order valence-electron chi connectivity index (χ2n) is 9.50. The van der Waals surface area contributed by atoms with E-state index >= 15 is 0 Å². The number of amides is 3. The number of aliphatic carboxylic acids is 1. The first-order chi connectivity index (χ1) is 18.0. The Morgan fingerprint density at radius 1 is 0.763 bits per heavy atom. The van der Waals surface area contributed by atoms with Crippen LogP contribution in [0.25, 0.3) is 0 Å². The maximum absolute atomic E-state index is 13.4. The Labute approximate surface area is 221 Å². The molecular formula is C27H36N4O7. The summed E-state index contributed by atoms with van der Waals surface area (Å²) in [6.45, 7) is 2.83.